The van der Waals surface area contributed by atoms with Crippen LogP contribution in [0.5, 0.6) is 0 Å². The Kier molecular flexibility index (Phi) is 17.4. The Morgan fingerprint density at radius 1 is 0.337 bits per heavy atom. The zero-order chi connectivity index (χ0) is 60.6. The fourth-order valence-corrected chi connectivity index (χ4v) is 12.8. The summed E-state index contributed by atoms with van der Waals surface area (Å²) >= 11 is 8.06. The first-order chi connectivity index (χ1) is 42.7. The van der Waals surface area contributed by atoms with Crippen molar-refractivity contribution >= 4 is 31.9 Å². The predicted octanol–water partition coefficient (Wildman–Crippen LogP) is 23.0. The van der Waals surface area contributed by atoms with Crippen LogP contribution in [-0.2, 0) is 25.5 Å². The van der Waals surface area contributed by atoms with Gasteiger partial charge in [0.25, 0.3) is 0 Å². The van der Waals surface area contributed by atoms with Gasteiger partial charge < -0.3 is 15.0 Å². The van der Waals surface area contributed by atoms with Crippen molar-refractivity contribution in [3.8, 4) is 134 Å². The molecular weight excluding hydrogens is 1400 g/mol. The Morgan fingerprint density at radius 3 is 1.12 bits per heavy atom. The van der Waals surface area contributed by atoms with Gasteiger partial charge >= 0.3 is 20.1 Å². The third kappa shape index (κ3) is 12.6. The van der Waals surface area contributed by atoms with Crippen LogP contribution >= 0.6 is 31.9 Å². The van der Waals surface area contributed by atoms with Crippen LogP contribution in [0.25, 0.3) is 134 Å². The molecule has 3 aromatic heterocycles. The van der Waals surface area contributed by atoms with Gasteiger partial charge in [-0.1, -0.05) is 246 Å². The first-order valence-corrected chi connectivity index (χ1v) is 30.7. The number of halogens is 4. The number of pyridine rings is 3. The Balaban J connectivity index is 0.00000769. The van der Waals surface area contributed by atoms with Crippen molar-refractivity contribution in [2.45, 2.75) is 40.0 Å². The second kappa shape index (κ2) is 25.7. The quantitative estimate of drug-likeness (QED) is 0.114. The summed E-state index contributed by atoms with van der Waals surface area (Å²) in [5.74, 6) is -0.546. The molecule has 3 nitrogen and oxygen atoms in total. The topological polar surface area (TPSA) is 38.7 Å². The van der Waals surface area contributed by atoms with Crippen LogP contribution in [0.3, 0.4) is 0 Å². The number of rotatable bonds is 12. The molecule has 13 rings (SSSR count). The molecule has 0 amide bonds. The monoisotopic (exact) mass is 1460 g/mol. The molecule has 0 saturated carbocycles. The van der Waals surface area contributed by atoms with Gasteiger partial charge in [-0.05, 0) is 152 Å². The molecule has 0 fully saturated rings. The standard InChI is InChI=1S/C81H56Br2F2N3.Ir/c1-50-39-78(87-48-74(50)53-23-30-62(84)31-24-53)56-28-35-71(76(82)45-56)68-21-13-10-18-65(68)59-41-58(64-17-9-12-20-67(64)70-34-27-55(44-73(70)52-15-7-6-8-16-52)80-47-61(37-38-86-80)81(3,4)5)42-60(43-59)66-19-11-14-22-69(66)72-36-29-57(46-77(72)83)79-40-51(2)75(49-88-79)54-25-32-63(85)33-26-54;/h6-26,30-49H,1-5H3;/q-3;+3. The molecular formula is C81H56Br2F2IrN3. The van der Waals surface area contributed by atoms with Gasteiger partial charge in [-0.25, -0.2) is 8.78 Å². The van der Waals surface area contributed by atoms with Crippen molar-refractivity contribution in [2.75, 3.05) is 0 Å². The zero-order valence-corrected chi connectivity index (χ0v) is 54.9. The number of aromatic nitrogens is 3. The van der Waals surface area contributed by atoms with E-state index in [1.165, 1.54) is 29.8 Å². The molecule has 3 heterocycles. The second-order valence-corrected chi connectivity index (χ2v) is 24.9. The Morgan fingerprint density at radius 2 is 0.708 bits per heavy atom. The van der Waals surface area contributed by atoms with Crippen LogP contribution in [0.15, 0.2) is 258 Å². The third-order valence-corrected chi connectivity index (χ3v) is 17.7. The van der Waals surface area contributed by atoms with Gasteiger partial charge in [0.15, 0.2) is 0 Å². The van der Waals surface area contributed by atoms with E-state index in [1.54, 1.807) is 24.3 Å². The Hall–Kier alpha value is -8.88. The Labute approximate surface area is 550 Å². The zero-order valence-electron chi connectivity index (χ0n) is 49.4. The molecule has 0 aliphatic heterocycles. The van der Waals surface area contributed by atoms with Crippen molar-refractivity contribution in [2.24, 2.45) is 0 Å². The van der Waals surface area contributed by atoms with E-state index in [0.29, 0.717) is 0 Å². The predicted molar refractivity (Wildman–Crippen MR) is 365 cm³/mol. The van der Waals surface area contributed by atoms with Gasteiger partial charge in [0.2, 0.25) is 0 Å². The number of nitrogens with zero attached hydrogens (tertiary/aromatic N) is 3. The van der Waals surface area contributed by atoms with Gasteiger partial charge in [-0.15, -0.1) is 71.3 Å². The fourth-order valence-electron chi connectivity index (χ4n) is 11.7. The van der Waals surface area contributed by atoms with Gasteiger partial charge in [0, 0.05) is 29.7 Å². The van der Waals surface area contributed by atoms with Crippen LogP contribution in [-0.4, -0.2) is 15.0 Å². The minimum Gasteiger partial charge on any atom is -0.305 e. The van der Waals surface area contributed by atoms with Crippen LogP contribution in [0.1, 0.15) is 37.5 Å². The summed E-state index contributed by atoms with van der Waals surface area (Å²) in [5.41, 5.74) is 26.5. The molecule has 0 aliphatic carbocycles. The summed E-state index contributed by atoms with van der Waals surface area (Å²) in [6.45, 7) is 10.8. The molecule has 10 aromatic carbocycles. The number of aryl methyl sites for hydroxylation is 2. The van der Waals surface area contributed by atoms with Crippen molar-refractivity contribution in [1.82, 2.24) is 15.0 Å². The van der Waals surface area contributed by atoms with E-state index in [1.807, 2.05) is 30.7 Å². The average molecular weight is 1460 g/mol. The van der Waals surface area contributed by atoms with E-state index < -0.39 is 0 Å². The molecule has 0 saturated heterocycles. The molecule has 0 N–H and O–H groups in total. The average Bonchev–Trinajstić information content (AvgIpc) is 2.96. The normalized spacial score (nSPS) is 11.3. The molecule has 0 atom stereocenters. The molecule has 0 radical (unpaired) electrons. The summed E-state index contributed by atoms with van der Waals surface area (Å²) in [5, 5.41) is 0. The maximum Gasteiger partial charge on any atom is 3.00 e. The van der Waals surface area contributed by atoms with Gasteiger partial charge in [0.1, 0.15) is 11.6 Å². The minimum absolute atomic E-state index is 0. The van der Waals surface area contributed by atoms with Crippen molar-refractivity contribution in [1.29, 1.82) is 0 Å². The van der Waals surface area contributed by atoms with E-state index >= 15 is 0 Å². The number of hydrogen-bond donors (Lipinski definition) is 0. The van der Waals surface area contributed by atoms with E-state index in [9.17, 15) is 8.78 Å². The summed E-state index contributed by atoms with van der Waals surface area (Å²) in [4.78, 5) is 14.6. The van der Waals surface area contributed by atoms with Crippen LogP contribution in [0, 0.1) is 43.7 Å². The van der Waals surface area contributed by atoms with E-state index in [2.05, 4.69) is 255 Å². The maximum atomic E-state index is 13.9. The van der Waals surface area contributed by atoms with E-state index in [-0.39, 0.29) is 37.2 Å². The van der Waals surface area contributed by atoms with E-state index in [0.717, 1.165) is 154 Å². The first-order valence-electron chi connectivity index (χ1n) is 29.1. The van der Waals surface area contributed by atoms with Gasteiger partial charge in [-0.2, -0.15) is 0 Å². The SMILES string of the molecule is Cc1cc(-c2[c-]cc(-c3ccccc3-c3cc(-c4ccccc4-c4c[c-]c(-c5cc(C)c(-c6ccc(F)cc6)cn5)cc4Br)cc(-c4ccccc4-c4c[c-]c(-c5cc(C(C)(C)C)ccn5)cc4-c4ccccc4)c3)c(Br)c2)ncc1-c1ccc(F)cc1.[Ir+3]. The second-order valence-electron chi connectivity index (χ2n) is 23.2. The minimum atomic E-state index is -0.273. The van der Waals surface area contributed by atoms with Crippen molar-refractivity contribution < 1.29 is 28.9 Å². The van der Waals surface area contributed by atoms with Gasteiger partial charge in [0.05, 0.1) is 0 Å². The molecule has 0 unspecified atom stereocenters. The molecule has 432 valence electrons. The molecule has 0 spiro atoms. The van der Waals surface area contributed by atoms with Crippen molar-refractivity contribution in [3.05, 3.63) is 305 Å². The largest absolute Gasteiger partial charge is 3.00 e. The summed E-state index contributed by atoms with van der Waals surface area (Å²) in [6.07, 6.45) is 5.61. The maximum absolute atomic E-state index is 13.9. The van der Waals surface area contributed by atoms with E-state index in [4.69, 9.17) is 15.0 Å². The van der Waals surface area contributed by atoms with Crippen LogP contribution in [0.2, 0.25) is 0 Å². The number of benzene rings is 10. The number of hydrogen-bond acceptors (Lipinski definition) is 3. The van der Waals surface area contributed by atoms with Crippen molar-refractivity contribution in [3.63, 3.8) is 0 Å². The smallest absolute Gasteiger partial charge is 0.305 e. The molecule has 0 aliphatic rings. The molecule has 8 heteroatoms. The van der Waals surface area contributed by atoms with Crippen LogP contribution < -0.4 is 0 Å². The molecule has 89 heavy (non-hydrogen) atoms. The van der Waals surface area contributed by atoms with Gasteiger partial charge in [-0.3, -0.25) is 0 Å². The Bertz CT molecular complexity index is 4580. The molecule has 13 aromatic rings. The summed E-state index contributed by atoms with van der Waals surface area (Å²) < 4.78 is 29.5. The fraction of sp³-hybridized carbons (Fsp3) is 0.0741. The first kappa shape index (κ1) is 60.4. The third-order valence-electron chi connectivity index (χ3n) is 16.3. The summed E-state index contributed by atoms with van der Waals surface area (Å²) in [6, 6.07) is 88.4. The molecule has 0 bridgehead atoms. The van der Waals surface area contributed by atoms with Crippen LogP contribution in [0.4, 0.5) is 8.78 Å². The summed E-state index contributed by atoms with van der Waals surface area (Å²) in [7, 11) is 0.